The lowest BCUT2D eigenvalue weighted by atomic mass is 10.1. The molecule has 4 aromatic rings. The molecule has 2 aromatic carbocycles. The van der Waals surface area contributed by atoms with Gasteiger partial charge in [-0.15, -0.1) is 0 Å². The number of para-hydroxylation sites is 2. The monoisotopic (exact) mass is 441 g/mol. The van der Waals surface area contributed by atoms with E-state index in [4.69, 9.17) is 4.74 Å². The standard InChI is InChI=1S/C25H23N5O3/c1-2-33-19-12-10-17(11-13-19)27-23(31)15-22-24(32)29(16-18-7-5-6-14-26-18)25-28-20-8-3-4-9-21(20)30(22)25/h3-14,22H,2,15-16H2,1H3,(H,27,31)/t22-/m1/s1. The summed E-state index contributed by atoms with van der Waals surface area (Å²) in [4.78, 5) is 37.0. The summed E-state index contributed by atoms with van der Waals surface area (Å²) in [7, 11) is 0. The largest absolute Gasteiger partial charge is 0.494 e. The van der Waals surface area contributed by atoms with Gasteiger partial charge in [0.05, 0.1) is 36.3 Å². The topological polar surface area (TPSA) is 89.3 Å². The van der Waals surface area contributed by atoms with E-state index < -0.39 is 6.04 Å². The van der Waals surface area contributed by atoms with Crippen molar-refractivity contribution in [1.82, 2.24) is 14.5 Å². The van der Waals surface area contributed by atoms with Gasteiger partial charge in [-0.05, 0) is 55.5 Å². The number of carbonyl (C=O) groups is 2. The minimum atomic E-state index is -0.682. The van der Waals surface area contributed by atoms with E-state index in [1.54, 1.807) is 35.4 Å². The number of nitrogens with zero attached hydrogens (tertiary/aromatic N) is 4. The maximum atomic E-state index is 13.4. The van der Waals surface area contributed by atoms with E-state index in [0.29, 0.717) is 24.8 Å². The van der Waals surface area contributed by atoms with Crippen molar-refractivity contribution >= 4 is 34.5 Å². The Morgan fingerprint density at radius 2 is 1.85 bits per heavy atom. The van der Waals surface area contributed by atoms with Crippen LogP contribution >= 0.6 is 0 Å². The molecule has 0 fully saturated rings. The number of rotatable bonds is 7. The molecule has 0 spiro atoms. The molecule has 1 aliphatic heterocycles. The summed E-state index contributed by atoms with van der Waals surface area (Å²) in [6.45, 7) is 2.78. The van der Waals surface area contributed by atoms with E-state index in [2.05, 4.69) is 15.3 Å². The van der Waals surface area contributed by atoms with Crippen molar-refractivity contribution in [3.8, 4) is 5.75 Å². The van der Waals surface area contributed by atoms with E-state index in [1.165, 1.54) is 0 Å². The molecule has 0 bridgehead atoms. The molecule has 1 atom stereocenters. The molecule has 1 aliphatic rings. The van der Waals surface area contributed by atoms with Crippen LogP contribution in [-0.4, -0.2) is 33.0 Å². The predicted octanol–water partition coefficient (Wildman–Crippen LogP) is 3.95. The Bertz CT molecular complexity index is 1300. The molecule has 1 N–H and O–H groups in total. The van der Waals surface area contributed by atoms with Crippen LogP contribution in [0.4, 0.5) is 11.6 Å². The van der Waals surface area contributed by atoms with Gasteiger partial charge in [-0.1, -0.05) is 18.2 Å². The molecule has 166 valence electrons. The molecule has 3 heterocycles. The molecule has 33 heavy (non-hydrogen) atoms. The number of carbonyl (C=O) groups excluding carboxylic acids is 2. The Morgan fingerprint density at radius 1 is 1.06 bits per heavy atom. The fourth-order valence-corrected chi connectivity index (χ4v) is 4.09. The minimum absolute atomic E-state index is 0.00187. The lowest BCUT2D eigenvalue weighted by molar-refractivity contribution is -0.124. The second kappa shape index (κ2) is 8.74. The number of fused-ring (bicyclic) bond motifs is 3. The number of hydrogen-bond donors (Lipinski definition) is 1. The van der Waals surface area contributed by atoms with Crippen LogP contribution in [0, 0.1) is 0 Å². The highest BCUT2D eigenvalue weighted by atomic mass is 16.5. The van der Waals surface area contributed by atoms with Crippen molar-refractivity contribution in [2.75, 3.05) is 16.8 Å². The van der Waals surface area contributed by atoms with Crippen molar-refractivity contribution in [1.29, 1.82) is 0 Å². The molecule has 0 radical (unpaired) electrons. The first-order valence-corrected chi connectivity index (χ1v) is 10.8. The van der Waals surface area contributed by atoms with Crippen LogP contribution in [0.5, 0.6) is 5.75 Å². The second-order valence-corrected chi connectivity index (χ2v) is 7.74. The van der Waals surface area contributed by atoms with Gasteiger partial charge in [-0.25, -0.2) is 4.98 Å². The predicted molar refractivity (Wildman–Crippen MR) is 125 cm³/mol. The molecule has 0 saturated heterocycles. The lowest BCUT2D eigenvalue weighted by Crippen LogP contribution is -2.31. The zero-order chi connectivity index (χ0) is 22.8. The zero-order valence-corrected chi connectivity index (χ0v) is 18.1. The van der Waals surface area contributed by atoms with Crippen LogP contribution in [0.1, 0.15) is 25.1 Å². The maximum Gasteiger partial charge on any atom is 0.253 e. The smallest absolute Gasteiger partial charge is 0.253 e. The van der Waals surface area contributed by atoms with Gasteiger partial charge in [0.1, 0.15) is 11.8 Å². The Morgan fingerprint density at radius 3 is 2.61 bits per heavy atom. The van der Waals surface area contributed by atoms with Gasteiger partial charge in [0.15, 0.2) is 0 Å². The Labute approximate surface area is 190 Å². The quantitative estimate of drug-likeness (QED) is 0.469. The average molecular weight is 441 g/mol. The highest BCUT2D eigenvalue weighted by molar-refractivity contribution is 6.05. The van der Waals surface area contributed by atoms with Gasteiger partial charge < -0.3 is 10.1 Å². The molecule has 2 aromatic heterocycles. The Balaban J connectivity index is 1.41. The normalized spacial score (nSPS) is 15.0. The minimum Gasteiger partial charge on any atom is -0.494 e. The van der Waals surface area contributed by atoms with E-state index in [0.717, 1.165) is 22.5 Å². The van der Waals surface area contributed by atoms with Crippen LogP contribution < -0.4 is 15.0 Å². The third kappa shape index (κ3) is 4.03. The number of amides is 2. The molecular formula is C25H23N5O3. The summed E-state index contributed by atoms with van der Waals surface area (Å²) < 4.78 is 7.30. The fraction of sp³-hybridized carbons (Fsp3) is 0.200. The van der Waals surface area contributed by atoms with Crippen LogP contribution in [0.3, 0.4) is 0 Å². The summed E-state index contributed by atoms with van der Waals surface area (Å²) in [5.74, 6) is 0.851. The van der Waals surface area contributed by atoms with Crippen LogP contribution in [-0.2, 0) is 16.1 Å². The zero-order valence-electron chi connectivity index (χ0n) is 18.1. The SMILES string of the molecule is CCOc1ccc(NC(=O)C[C@@H]2C(=O)N(Cc3ccccn3)c3nc4ccccc4n32)cc1. The lowest BCUT2D eigenvalue weighted by Gasteiger charge is -2.15. The third-order valence-corrected chi connectivity index (χ3v) is 5.56. The highest BCUT2D eigenvalue weighted by Crippen LogP contribution is 2.37. The van der Waals surface area contributed by atoms with E-state index in [-0.39, 0.29) is 18.2 Å². The molecular weight excluding hydrogens is 418 g/mol. The molecule has 0 unspecified atom stereocenters. The van der Waals surface area contributed by atoms with E-state index in [1.807, 2.05) is 54.0 Å². The first-order chi connectivity index (χ1) is 16.1. The summed E-state index contributed by atoms with van der Waals surface area (Å²) in [6.07, 6.45) is 1.69. The Hall–Kier alpha value is -4.20. The number of benzene rings is 2. The molecule has 0 saturated carbocycles. The van der Waals surface area contributed by atoms with Gasteiger partial charge in [-0.3, -0.25) is 24.0 Å². The van der Waals surface area contributed by atoms with Gasteiger partial charge in [0.25, 0.3) is 5.91 Å². The van der Waals surface area contributed by atoms with Crippen molar-refractivity contribution in [2.45, 2.75) is 25.9 Å². The molecule has 8 heteroatoms. The van der Waals surface area contributed by atoms with Gasteiger partial charge >= 0.3 is 0 Å². The van der Waals surface area contributed by atoms with Crippen LogP contribution in [0.25, 0.3) is 11.0 Å². The molecule has 8 nitrogen and oxygen atoms in total. The Kier molecular flexibility index (Phi) is 5.48. The first kappa shape index (κ1) is 20.7. The maximum absolute atomic E-state index is 13.4. The number of pyridine rings is 1. The number of anilines is 2. The summed E-state index contributed by atoms with van der Waals surface area (Å²) >= 11 is 0. The van der Waals surface area contributed by atoms with Gasteiger partial charge in [0, 0.05) is 11.9 Å². The number of ether oxygens (including phenoxy) is 1. The van der Waals surface area contributed by atoms with Crippen molar-refractivity contribution < 1.29 is 14.3 Å². The number of imidazole rings is 1. The molecule has 2 amide bonds. The number of nitrogens with one attached hydrogen (secondary N) is 1. The number of aromatic nitrogens is 3. The molecule has 5 rings (SSSR count). The van der Waals surface area contributed by atoms with Crippen LogP contribution in [0.15, 0.2) is 72.9 Å². The van der Waals surface area contributed by atoms with Gasteiger partial charge in [0.2, 0.25) is 11.9 Å². The van der Waals surface area contributed by atoms with E-state index >= 15 is 0 Å². The van der Waals surface area contributed by atoms with Crippen molar-refractivity contribution in [3.63, 3.8) is 0 Å². The highest BCUT2D eigenvalue weighted by Gasteiger charge is 2.41. The van der Waals surface area contributed by atoms with Crippen molar-refractivity contribution in [3.05, 3.63) is 78.6 Å². The van der Waals surface area contributed by atoms with E-state index in [9.17, 15) is 9.59 Å². The fourth-order valence-electron chi connectivity index (χ4n) is 4.09. The summed E-state index contributed by atoms with van der Waals surface area (Å²) in [5, 5.41) is 2.88. The second-order valence-electron chi connectivity index (χ2n) is 7.74. The van der Waals surface area contributed by atoms with Gasteiger partial charge in [-0.2, -0.15) is 0 Å². The number of hydrogen-bond acceptors (Lipinski definition) is 5. The van der Waals surface area contributed by atoms with Crippen LogP contribution in [0.2, 0.25) is 0 Å². The summed E-state index contributed by atoms with van der Waals surface area (Å²) in [6, 6.07) is 19.7. The third-order valence-electron chi connectivity index (χ3n) is 5.56. The first-order valence-electron chi connectivity index (χ1n) is 10.8. The molecule has 0 aliphatic carbocycles. The average Bonchev–Trinajstić information content (AvgIpc) is 3.32. The summed E-state index contributed by atoms with van der Waals surface area (Å²) in [5.41, 5.74) is 3.00. The van der Waals surface area contributed by atoms with Crippen molar-refractivity contribution in [2.24, 2.45) is 0 Å².